The Hall–Kier alpha value is -1.10. The molecule has 0 aliphatic heterocycles. The van der Waals surface area contributed by atoms with E-state index >= 15 is 0 Å². The smallest absolute Gasteiger partial charge is 0.224 e. The summed E-state index contributed by atoms with van der Waals surface area (Å²) in [7, 11) is 0. The van der Waals surface area contributed by atoms with Crippen LogP contribution in [0.1, 0.15) is 39.5 Å². The summed E-state index contributed by atoms with van der Waals surface area (Å²) >= 11 is 0. The molecule has 0 spiro atoms. The van der Waals surface area contributed by atoms with Gasteiger partial charge in [0.05, 0.1) is 5.41 Å². The van der Waals surface area contributed by atoms with Gasteiger partial charge in [-0.25, -0.2) is 0 Å². The molecule has 0 radical (unpaired) electrons. The van der Waals surface area contributed by atoms with Gasteiger partial charge in [-0.3, -0.25) is 9.59 Å². The lowest BCUT2D eigenvalue weighted by Crippen LogP contribution is -2.44. The fourth-order valence-corrected chi connectivity index (χ4v) is 2.20. The monoisotopic (exact) mass is 255 g/mol. The van der Waals surface area contributed by atoms with Gasteiger partial charge in [0.15, 0.2) is 0 Å². The fourth-order valence-electron chi connectivity index (χ4n) is 2.20. The summed E-state index contributed by atoms with van der Waals surface area (Å²) in [6, 6.07) is 0. The maximum absolute atomic E-state index is 12.0. The molecule has 0 bridgehead atoms. The Bertz CT molecular complexity index is 307. The van der Waals surface area contributed by atoms with E-state index in [2.05, 4.69) is 5.32 Å². The van der Waals surface area contributed by atoms with Crippen molar-refractivity contribution in [1.82, 2.24) is 5.32 Å². The number of amides is 2. The molecule has 104 valence electrons. The van der Waals surface area contributed by atoms with Crippen LogP contribution in [0.3, 0.4) is 0 Å². The molecule has 2 amide bonds. The van der Waals surface area contributed by atoms with Crippen molar-refractivity contribution in [2.75, 3.05) is 13.1 Å². The van der Waals surface area contributed by atoms with Crippen LogP contribution in [0.4, 0.5) is 0 Å². The Labute approximate surface area is 109 Å². The van der Waals surface area contributed by atoms with Crippen molar-refractivity contribution in [2.24, 2.45) is 28.7 Å². The first-order valence-corrected chi connectivity index (χ1v) is 6.64. The molecule has 1 saturated carbocycles. The van der Waals surface area contributed by atoms with Crippen LogP contribution in [-0.4, -0.2) is 24.9 Å². The second-order valence-electron chi connectivity index (χ2n) is 5.92. The summed E-state index contributed by atoms with van der Waals surface area (Å²) in [6.45, 7) is 4.49. The molecule has 1 aliphatic rings. The molecule has 0 unspecified atom stereocenters. The molecule has 0 heterocycles. The van der Waals surface area contributed by atoms with Gasteiger partial charge in [-0.15, -0.1) is 0 Å². The predicted molar refractivity (Wildman–Crippen MR) is 70.5 cm³/mol. The Morgan fingerprint density at radius 2 is 1.78 bits per heavy atom. The van der Waals surface area contributed by atoms with Gasteiger partial charge in [0.1, 0.15) is 0 Å². The highest BCUT2D eigenvalue weighted by atomic mass is 16.2. The number of nitrogens with one attached hydrogen (secondary N) is 1. The number of hydrogen-bond acceptors (Lipinski definition) is 3. The minimum atomic E-state index is -0.690. The van der Waals surface area contributed by atoms with E-state index in [0.717, 1.165) is 25.7 Å². The molecule has 1 rings (SSSR count). The SMILES string of the molecule is CC(C)(CNC(=O)C1CCC(CN)CC1)C(N)=O. The van der Waals surface area contributed by atoms with E-state index in [1.54, 1.807) is 13.8 Å². The van der Waals surface area contributed by atoms with E-state index in [1.807, 2.05) is 0 Å². The molecule has 0 atom stereocenters. The van der Waals surface area contributed by atoms with E-state index in [9.17, 15) is 9.59 Å². The third-order valence-corrected chi connectivity index (χ3v) is 3.92. The van der Waals surface area contributed by atoms with E-state index in [0.29, 0.717) is 19.0 Å². The van der Waals surface area contributed by atoms with Crippen molar-refractivity contribution >= 4 is 11.8 Å². The molecule has 18 heavy (non-hydrogen) atoms. The summed E-state index contributed by atoms with van der Waals surface area (Å²) in [5.41, 5.74) is 10.2. The van der Waals surface area contributed by atoms with E-state index in [-0.39, 0.29) is 11.8 Å². The Morgan fingerprint density at radius 3 is 2.22 bits per heavy atom. The molecule has 5 nitrogen and oxygen atoms in total. The van der Waals surface area contributed by atoms with Gasteiger partial charge in [0.2, 0.25) is 11.8 Å². The molecular formula is C13H25N3O2. The first-order chi connectivity index (χ1) is 8.36. The average Bonchev–Trinajstić information content (AvgIpc) is 2.36. The summed E-state index contributed by atoms with van der Waals surface area (Å²) in [5, 5.41) is 2.84. The van der Waals surface area contributed by atoms with Crippen LogP contribution in [0.2, 0.25) is 0 Å². The number of rotatable bonds is 5. The number of carbonyl (C=O) groups excluding carboxylic acids is 2. The zero-order valence-corrected chi connectivity index (χ0v) is 11.4. The van der Waals surface area contributed by atoms with Crippen molar-refractivity contribution < 1.29 is 9.59 Å². The van der Waals surface area contributed by atoms with Gasteiger partial charge in [0.25, 0.3) is 0 Å². The Morgan fingerprint density at radius 1 is 1.22 bits per heavy atom. The second-order valence-corrected chi connectivity index (χ2v) is 5.92. The molecule has 0 aromatic heterocycles. The molecule has 0 aromatic rings. The van der Waals surface area contributed by atoms with Crippen LogP contribution in [0.15, 0.2) is 0 Å². The first-order valence-electron chi connectivity index (χ1n) is 6.64. The van der Waals surface area contributed by atoms with Gasteiger partial charge < -0.3 is 16.8 Å². The molecule has 5 heteroatoms. The Kier molecular flexibility index (Phi) is 5.14. The minimum Gasteiger partial charge on any atom is -0.369 e. The quantitative estimate of drug-likeness (QED) is 0.662. The summed E-state index contributed by atoms with van der Waals surface area (Å²) in [6.07, 6.45) is 3.83. The number of nitrogens with two attached hydrogens (primary N) is 2. The van der Waals surface area contributed by atoms with Gasteiger partial charge in [-0.1, -0.05) is 0 Å². The van der Waals surface area contributed by atoms with Gasteiger partial charge in [0, 0.05) is 12.5 Å². The summed E-state index contributed by atoms with van der Waals surface area (Å²) in [4.78, 5) is 23.1. The number of hydrogen-bond donors (Lipinski definition) is 3. The molecule has 0 saturated heterocycles. The third-order valence-electron chi connectivity index (χ3n) is 3.92. The van der Waals surface area contributed by atoms with Crippen LogP contribution in [0.5, 0.6) is 0 Å². The lowest BCUT2D eigenvalue weighted by molar-refractivity contribution is -0.129. The summed E-state index contributed by atoms with van der Waals surface area (Å²) in [5.74, 6) is 0.280. The highest BCUT2D eigenvalue weighted by Crippen LogP contribution is 2.28. The predicted octanol–water partition coefficient (Wildman–Crippen LogP) is 0.379. The third kappa shape index (κ3) is 3.98. The van der Waals surface area contributed by atoms with Crippen LogP contribution >= 0.6 is 0 Å². The van der Waals surface area contributed by atoms with Crippen molar-refractivity contribution in [3.8, 4) is 0 Å². The van der Waals surface area contributed by atoms with Crippen molar-refractivity contribution in [3.63, 3.8) is 0 Å². The van der Waals surface area contributed by atoms with Crippen molar-refractivity contribution in [2.45, 2.75) is 39.5 Å². The van der Waals surface area contributed by atoms with Gasteiger partial charge in [-0.05, 0) is 52.0 Å². The van der Waals surface area contributed by atoms with Crippen LogP contribution < -0.4 is 16.8 Å². The zero-order valence-electron chi connectivity index (χ0n) is 11.4. The molecular weight excluding hydrogens is 230 g/mol. The molecule has 0 aromatic carbocycles. The number of primary amides is 1. The zero-order chi connectivity index (χ0) is 13.8. The largest absolute Gasteiger partial charge is 0.369 e. The summed E-state index contributed by atoms with van der Waals surface area (Å²) < 4.78 is 0. The lowest BCUT2D eigenvalue weighted by atomic mass is 9.81. The fraction of sp³-hybridized carbons (Fsp3) is 0.846. The highest BCUT2D eigenvalue weighted by Gasteiger charge is 2.29. The minimum absolute atomic E-state index is 0.0415. The maximum atomic E-state index is 12.0. The van der Waals surface area contributed by atoms with E-state index in [1.165, 1.54) is 0 Å². The molecule has 5 N–H and O–H groups in total. The normalized spacial score (nSPS) is 24.6. The maximum Gasteiger partial charge on any atom is 0.224 e. The average molecular weight is 255 g/mol. The lowest BCUT2D eigenvalue weighted by Gasteiger charge is -2.28. The van der Waals surface area contributed by atoms with Gasteiger partial charge >= 0.3 is 0 Å². The van der Waals surface area contributed by atoms with Crippen LogP contribution in [0.25, 0.3) is 0 Å². The molecule has 1 aliphatic carbocycles. The topological polar surface area (TPSA) is 98.2 Å². The van der Waals surface area contributed by atoms with E-state index in [4.69, 9.17) is 11.5 Å². The highest BCUT2D eigenvalue weighted by molar-refractivity contribution is 5.82. The van der Waals surface area contributed by atoms with Crippen molar-refractivity contribution in [3.05, 3.63) is 0 Å². The van der Waals surface area contributed by atoms with Crippen LogP contribution in [0, 0.1) is 17.3 Å². The Balaban J connectivity index is 2.36. The second kappa shape index (κ2) is 6.18. The number of carbonyl (C=O) groups is 2. The van der Waals surface area contributed by atoms with Gasteiger partial charge in [-0.2, -0.15) is 0 Å². The first kappa shape index (κ1) is 15.0. The standard InChI is InChI=1S/C13H25N3O2/c1-13(2,12(15)18)8-16-11(17)10-5-3-9(7-14)4-6-10/h9-10H,3-8,14H2,1-2H3,(H2,15,18)(H,16,17). The van der Waals surface area contributed by atoms with E-state index < -0.39 is 11.3 Å². The van der Waals surface area contributed by atoms with Crippen LogP contribution in [-0.2, 0) is 9.59 Å². The van der Waals surface area contributed by atoms with Crippen molar-refractivity contribution in [1.29, 1.82) is 0 Å². The molecule has 1 fully saturated rings.